The van der Waals surface area contributed by atoms with Gasteiger partial charge in [0, 0.05) is 5.92 Å². The van der Waals surface area contributed by atoms with Crippen molar-refractivity contribution in [3.63, 3.8) is 0 Å². The molecule has 3 N–H and O–H groups in total. The number of carbonyl (C=O) groups is 1. The maximum Gasteiger partial charge on any atom is 0.223 e. The lowest BCUT2D eigenvalue weighted by Crippen LogP contribution is -2.40. The first-order valence-electron chi connectivity index (χ1n) is 7.83. The number of nitrogens with two attached hydrogens (primary N) is 1. The Balaban J connectivity index is 2.02. The van der Waals surface area contributed by atoms with Crippen LogP contribution < -0.4 is 11.1 Å². The van der Waals surface area contributed by atoms with E-state index in [4.69, 9.17) is 18.0 Å². The van der Waals surface area contributed by atoms with Crippen LogP contribution in [0.25, 0.3) is 0 Å². The molecule has 1 aliphatic carbocycles. The molecule has 0 radical (unpaired) electrons. The van der Waals surface area contributed by atoms with E-state index in [9.17, 15) is 4.79 Å². The van der Waals surface area contributed by atoms with Crippen LogP contribution in [0.5, 0.6) is 0 Å². The fourth-order valence-corrected chi connectivity index (χ4v) is 3.14. The Morgan fingerprint density at radius 3 is 2.24 bits per heavy atom. The Bertz CT molecular complexity index is 467. The standard InChI is InChI=1S/C17H24N2OS/c18-16(21)15(13-9-7-4-8-10-13)19-17(20)14-11-5-2-1-3-6-12-14/h4,7-10,14-15H,1-3,5-6,11-12H2,(H2,18,21)(H,19,20). The van der Waals surface area contributed by atoms with Crippen molar-refractivity contribution >= 4 is 23.1 Å². The lowest BCUT2D eigenvalue weighted by atomic mass is 9.90. The lowest BCUT2D eigenvalue weighted by Gasteiger charge is -2.23. The fourth-order valence-electron chi connectivity index (χ4n) is 2.94. The highest BCUT2D eigenvalue weighted by molar-refractivity contribution is 7.80. The summed E-state index contributed by atoms with van der Waals surface area (Å²) in [5.41, 5.74) is 6.77. The van der Waals surface area contributed by atoms with Crippen molar-refractivity contribution in [1.82, 2.24) is 5.32 Å². The third kappa shape index (κ3) is 4.81. The molecule has 0 bridgehead atoms. The number of thiocarbonyl (C=S) groups is 1. The van der Waals surface area contributed by atoms with Crippen molar-refractivity contribution < 1.29 is 4.79 Å². The van der Waals surface area contributed by atoms with Crippen molar-refractivity contribution in [3.8, 4) is 0 Å². The molecule has 1 unspecified atom stereocenters. The van der Waals surface area contributed by atoms with Crippen molar-refractivity contribution in [1.29, 1.82) is 0 Å². The average Bonchev–Trinajstić information content (AvgIpc) is 2.44. The van der Waals surface area contributed by atoms with E-state index >= 15 is 0 Å². The van der Waals surface area contributed by atoms with Gasteiger partial charge in [0.1, 0.15) is 11.0 Å². The average molecular weight is 304 g/mol. The second-order valence-electron chi connectivity index (χ2n) is 5.80. The second-order valence-corrected chi connectivity index (χ2v) is 6.27. The molecule has 0 spiro atoms. The first kappa shape index (κ1) is 16.0. The number of benzene rings is 1. The summed E-state index contributed by atoms with van der Waals surface area (Å²) in [6.45, 7) is 0. The van der Waals surface area contributed by atoms with Gasteiger partial charge in [0.2, 0.25) is 5.91 Å². The molecule has 0 heterocycles. The maximum absolute atomic E-state index is 12.5. The summed E-state index contributed by atoms with van der Waals surface area (Å²) >= 11 is 5.13. The quantitative estimate of drug-likeness (QED) is 0.837. The third-order valence-electron chi connectivity index (χ3n) is 4.18. The van der Waals surface area contributed by atoms with Gasteiger partial charge in [-0.15, -0.1) is 0 Å². The summed E-state index contributed by atoms with van der Waals surface area (Å²) in [6, 6.07) is 9.34. The Kier molecular flexibility index (Phi) is 6.18. The highest BCUT2D eigenvalue weighted by Gasteiger charge is 2.23. The van der Waals surface area contributed by atoms with E-state index in [-0.39, 0.29) is 17.9 Å². The smallest absolute Gasteiger partial charge is 0.223 e. The minimum atomic E-state index is -0.362. The van der Waals surface area contributed by atoms with Gasteiger partial charge in [0.15, 0.2) is 0 Å². The van der Waals surface area contributed by atoms with Crippen LogP contribution in [0, 0.1) is 5.92 Å². The van der Waals surface area contributed by atoms with E-state index in [0.29, 0.717) is 4.99 Å². The monoisotopic (exact) mass is 304 g/mol. The highest BCUT2D eigenvalue weighted by atomic mass is 32.1. The van der Waals surface area contributed by atoms with E-state index in [1.165, 1.54) is 19.3 Å². The van der Waals surface area contributed by atoms with Gasteiger partial charge in [-0.2, -0.15) is 0 Å². The SMILES string of the molecule is NC(=S)C(NC(=O)C1CCCCCCC1)c1ccccc1. The summed E-state index contributed by atoms with van der Waals surface area (Å²) in [5, 5.41) is 3.05. The zero-order chi connectivity index (χ0) is 15.1. The maximum atomic E-state index is 12.5. The summed E-state index contributed by atoms with van der Waals surface area (Å²) in [6.07, 6.45) is 8.01. The molecule has 0 aromatic heterocycles. The Labute approximate surface area is 132 Å². The van der Waals surface area contributed by atoms with Gasteiger partial charge in [0.05, 0.1) is 0 Å². The van der Waals surface area contributed by atoms with E-state index in [1.807, 2.05) is 30.3 Å². The van der Waals surface area contributed by atoms with Crippen molar-refractivity contribution in [3.05, 3.63) is 35.9 Å². The van der Waals surface area contributed by atoms with E-state index < -0.39 is 0 Å². The van der Waals surface area contributed by atoms with Crippen LogP contribution in [0.1, 0.15) is 56.6 Å². The molecule has 1 aliphatic rings. The molecule has 1 atom stereocenters. The molecule has 2 rings (SSSR count). The molecule has 1 aromatic carbocycles. The van der Waals surface area contributed by atoms with Gasteiger partial charge in [-0.3, -0.25) is 4.79 Å². The number of hydrogen-bond donors (Lipinski definition) is 2. The van der Waals surface area contributed by atoms with Gasteiger partial charge in [-0.1, -0.05) is 74.7 Å². The van der Waals surface area contributed by atoms with Crippen LogP contribution in [-0.2, 0) is 4.79 Å². The number of carbonyl (C=O) groups excluding carboxylic acids is 1. The lowest BCUT2D eigenvalue weighted by molar-refractivity contribution is -0.126. The molecule has 1 fully saturated rings. The molecule has 1 amide bonds. The third-order valence-corrected chi connectivity index (χ3v) is 4.42. The molecule has 21 heavy (non-hydrogen) atoms. The largest absolute Gasteiger partial charge is 0.391 e. The van der Waals surface area contributed by atoms with Crippen LogP contribution in [0.15, 0.2) is 30.3 Å². The Morgan fingerprint density at radius 2 is 1.67 bits per heavy atom. The molecular weight excluding hydrogens is 280 g/mol. The van der Waals surface area contributed by atoms with E-state index in [2.05, 4.69) is 5.32 Å². The molecule has 0 saturated heterocycles. The van der Waals surface area contributed by atoms with Gasteiger partial charge in [0.25, 0.3) is 0 Å². The summed E-state index contributed by atoms with van der Waals surface area (Å²) in [7, 11) is 0. The van der Waals surface area contributed by atoms with Crippen LogP contribution in [0.3, 0.4) is 0 Å². The van der Waals surface area contributed by atoms with Crippen LogP contribution in [0.2, 0.25) is 0 Å². The van der Waals surface area contributed by atoms with Crippen molar-refractivity contribution in [2.75, 3.05) is 0 Å². The van der Waals surface area contributed by atoms with Crippen LogP contribution in [-0.4, -0.2) is 10.9 Å². The van der Waals surface area contributed by atoms with E-state index in [1.54, 1.807) is 0 Å². The normalized spacial score (nSPS) is 18.3. The topological polar surface area (TPSA) is 55.1 Å². The fraction of sp³-hybridized carbons (Fsp3) is 0.529. The number of amides is 1. The molecule has 1 saturated carbocycles. The Morgan fingerprint density at radius 1 is 1.10 bits per heavy atom. The first-order valence-corrected chi connectivity index (χ1v) is 8.24. The van der Waals surface area contributed by atoms with Crippen molar-refractivity contribution in [2.45, 2.75) is 51.0 Å². The van der Waals surface area contributed by atoms with Gasteiger partial charge in [-0.05, 0) is 18.4 Å². The summed E-state index contributed by atoms with van der Waals surface area (Å²) in [5.74, 6) is 0.199. The molecular formula is C17H24N2OS. The first-order chi connectivity index (χ1) is 10.2. The van der Waals surface area contributed by atoms with Crippen LogP contribution >= 0.6 is 12.2 Å². The minimum Gasteiger partial charge on any atom is -0.391 e. The molecule has 4 heteroatoms. The summed E-state index contributed by atoms with van der Waals surface area (Å²) in [4.78, 5) is 12.8. The van der Waals surface area contributed by atoms with Crippen molar-refractivity contribution in [2.24, 2.45) is 11.7 Å². The van der Waals surface area contributed by atoms with Crippen LogP contribution in [0.4, 0.5) is 0 Å². The molecule has 1 aromatic rings. The molecule has 0 aliphatic heterocycles. The Hall–Kier alpha value is -1.42. The summed E-state index contributed by atoms with van der Waals surface area (Å²) < 4.78 is 0. The number of rotatable bonds is 4. The van der Waals surface area contributed by atoms with Gasteiger partial charge in [-0.25, -0.2) is 0 Å². The minimum absolute atomic E-state index is 0.0959. The van der Waals surface area contributed by atoms with Gasteiger partial charge >= 0.3 is 0 Å². The second kappa shape index (κ2) is 8.13. The zero-order valence-corrected chi connectivity index (χ0v) is 13.2. The van der Waals surface area contributed by atoms with Gasteiger partial charge < -0.3 is 11.1 Å². The van der Waals surface area contributed by atoms with E-state index in [0.717, 1.165) is 31.2 Å². The predicted molar refractivity (Wildman–Crippen MR) is 89.9 cm³/mol. The number of hydrogen-bond acceptors (Lipinski definition) is 2. The zero-order valence-electron chi connectivity index (χ0n) is 12.4. The predicted octanol–water partition coefficient (Wildman–Crippen LogP) is 3.49. The number of nitrogens with one attached hydrogen (secondary N) is 1. The molecule has 114 valence electrons. The molecule has 3 nitrogen and oxygen atoms in total. The highest BCUT2D eigenvalue weighted by Crippen LogP contribution is 2.23.